The standard InChI is InChI=1S/C11H19NO/c1-7-8-12(11(4,5)6)9(2)10(3)13/h1,9H,8H2,2-6H3/t9-/m1/s1. The Balaban J connectivity index is 4.63. The molecule has 0 rings (SSSR count). The van der Waals surface area contributed by atoms with Crippen LogP contribution in [0.15, 0.2) is 0 Å². The van der Waals surface area contributed by atoms with Crippen molar-refractivity contribution in [2.45, 2.75) is 46.2 Å². The van der Waals surface area contributed by atoms with Crippen molar-refractivity contribution in [1.82, 2.24) is 4.90 Å². The topological polar surface area (TPSA) is 20.3 Å². The van der Waals surface area contributed by atoms with Gasteiger partial charge < -0.3 is 0 Å². The highest BCUT2D eigenvalue weighted by atomic mass is 16.1. The smallest absolute Gasteiger partial charge is 0.146 e. The minimum absolute atomic E-state index is 0.0581. The molecule has 0 aromatic rings. The molecule has 0 radical (unpaired) electrons. The quantitative estimate of drug-likeness (QED) is 0.618. The average molecular weight is 181 g/mol. The van der Waals surface area contributed by atoms with Gasteiger partial charge in [-0.25, -0.2) is 0 Å². The van der Waals surface area contributed by atoms with E-state index in [1.165, 1.54) is 0 Å². The van der Waals surface area contributed by atoms with Crippen LogP contribution in [0.2, 0.25) is 0 Å². The maximum absolute atomic E-state index is 11.2. The van der Waals surface area contributed by atoms with E-state index in [9.17, 15) is 4.79 Å². The third-order valence-corrected chi connectivity index (χ3v) is 2.18. The highest BCUT2D eigenvalue weighted by molar-refractivity contribution is 5.81. The first-order valence-corrected chi connectivity index (χ1v) is 4.51. The molecule has 0 saturated heterocycles. The Labute approximate surface area is 81.3 Å². The Morgan fingerprint density at radius 2 is 2.00 bits per heavy atom. The number of Topliss-reactive ketones (excluding diaryl/α,β-unsaturated/α-hetero) is 1. The summed E-state index contributed by atoms with van der Waals surface area (Å²) >= 11 is 0. The first-order valence-electron chi connectivity index (χ1n) is 4.51. The van der Waals surface area contributed by atoms with Crippen LogP contribution in [0.3, 0.4) is 0 Å². The Morgan fingerprint density at radius 3 is 2.23 bits per heavy atom. The highest BCUT2D eigenvalue weighted by Crippen LogP contribution is 2.16. The van der Waals surface area contributed by atoms with Crippen molar-refractivity contribution in [2.75, 3.05) is 6.54 Å². The van der Waals surface area contributed by atoms with Crippen molar-refractivity contribution in [3.63, 3.8) is 0 Å². The lowest BCUT2D eigenvalue weighted by Gasteiger charge is -2.37. The Morgan fingerprint density at radius 1 is 1.54 bits per heavy atom. The monoisotopic (exact) mass is 181 g/mol. The molecule has 0 saturated carbocycles. The zero-order valence-corrected chi connectivity index (χ0v) is 9.22. The van der Waals surface area contributed by atoms with Crippen molar-refractivity contribution in [1.29, 1.82) is 0 Å². The molecule has 0 heterocycles. The SMILES string of the molecule is C#CCN([C@H](C)C(C)=O)C(C)(C)C. The molecule has 13 heavy (non-hydrogen) atoms. The lowest BCUT2D eigenvalue weighted by atomic mass is 10.0. The zero-order valence-electron chi connectivity index (χ0n) is 9.22. The van der Waals surface area contributed by atoms with E-state index in [1.807, 2.05) is 11.8 Å². The number of carbonyl (C=O) groups excluding carboxylic acids is 1. The van der Waals surface area contributed by atoms with Crippen molar-refractivity contribution in [3.8, 4) is 12.3 Å². The average Bonchev–Trinajstić information content (AvgIpc) is 1.96. The van der Waals surface area contributed by atoms with Gasteiger partial charge in [0.1, 0.15) is 5.78 Å². The van der Waals surface area contributed by atoms with Gasteiger partial charge in [-0.2, -0.15) is 0 Å². The summed E-state index contributed by atoms with van der Waals surface area (Å²) in [5, 5.41) is 0. The minimum atomic E-state index is -0.101. The van der Waals surface area contributed by atoms with Gasteiger partial charge in [0.05, 0.1) is 12.6 Å². The molecule has 0 N–H and O–H groups in total. The molecule has 0 amide bonds. The van der Waals surface area contributed by atoms with Crippen LogP contribution in [0.4, 0.5) is 0 Å². The lowest BCUT2D eigenvalue weighted by Crippen LogP contribution is -2.49. The second kappa shape index (κ2) is 4.43. The van der Waals surface area contributed by atoms with Crippen molar-refractivity contribution >= 4 is 5.78 Å². The van der Waals surface area contributed by atoms with E-state index in [-0.39, 0.29) is 17.4 Å². The van der Waals surface area contributed by atoms with Gasteiger partial charge >= 0.3 is 0 Å². The van der Waals surface area contributed by atoms with E-state index in [4.69, 9.17) is 6.42 Å². The van der Waals surface area contributed by atoms with Crippen LogP contribution < -0.4 is 0 Å². The highest BCUT2D eigenvalue weighted by Gasteiger charge is 2.27. The molecule has 0 aliphatic rings. The van der Waals surface area contributed by atoms with Gasteiger partial charge in [0, 0.05) is 5.54 Å². The lowest BCUT2D eigenvalue weighted by molar-refractivity contribution is -0.123. The van der Waals surface area contributed by atoms with E-state index >= 15 is 0 Å². The van der Waals surface area contributed by atoms with E-state index in [2.05, 4.69) is 26.7 Å². The van der Waals surface area contributed by atoms with Gasteiger partial charge in [-0.3, -0.25) is 9.69 Å². The molecule has 0 aliphatic carbocycles. The predicted molar refractivity (Wildman–Crippen MR) is 55.4 cm³/mol. The fourth-order valence-corrected chi connectivity index (χ4v) is 1.27. The summed E-state index contributed by atoms with van der Waals surface area (Å²) in [6.45, 7) is 10.2. The van der Waals surface area contributed by atoms with Gasteiger partial charge in [0.2, 0.25) is 0 Å². The van der Waals surface area contributed by atoms with Crippen LogP contribution in [0.25, 0.3) is 0 Å². The minimum Gasteiger partial charge on any atom is -0.298 e. The number of terminal acetylenes is 1. The Bertz CT molecular complexity index is 219. The van der Waals surface area contributed by atoms with Crippen LogP contribution in [0.1, 0.15) is 34.6 Å². The number of carbonyl (C=O) groups is 1. The summed E-state index contributed by atoms with van der Waals surface area (Å²) in [6, 6.07) is -0.101. The second-order valence-corrected chi connectivity index (χ2v) is 4.29. The Kier molecular flexibility index (Phi) is 4.16. The number of rotatable bonds is 3. The van der Waals surface area contributed by atoms with E-state index in [0.717, 1.165) is 0 Å². The van der Waals surface area contributed by atoms with Crippen molar-refractivity contribution in [2.24, 2.45) is 0 Å². The van der Waals surface area contributed by atoms with Crippen LogP contribution in [0, 0.1) is 12.3 Å². The summed E-state index contributed by atoms with van der Waals surface area (Å²) in [6.07, 6.45) is 5.26. The van der Waals surface area contributed by atoms with Crippen LogP contribution >= 0.6 is 0 Å². The van der Waals surface area contributed by atoms with Gasteiger partial charge in [-0.05, 0) is 34.6 Å². The molecule has 1 atom stereocenters. The first-order chi connectivity index (χ1) is 5.80. The summed E-state index contributed by atoms with van der Waals surface area (Å²) in [5.41, 5.74) is -0.0581. The van der Waals surface area contributed by atoms with E-state index < -0.39 is 0 Å². The zero-order chi connectivity index (χ0) is 10.6. The summed E-state index contributed by atoms with van der Waals surface area (Å²) in [5.74, 6) is 2.74. The molecule has 2 heteroatoms. The summed E-state index contributed by atoms with van der Waals surface area (Å²) in [4.78, 5) is 13.2. The third kappa shape index (κ3) is 3.61. The third-order valence-electron chi connectivity index (χ3n) is 2.18. The predicted octanol–water partition coefficient (Wildman–Crippen LogP) is 1.70. The van der Waals surface area contributed by atoms with Crippen LogP contribution in [-0.2, 0) is 4.79 Å². The van der Waals surface area contributed by atoms with E-state index in [0.29, 0.717) is 6.54 Å². The normalized spacial score (nSPS) is 13.9. The van der Waals surface area contributed by atoms with Gasteiger partial charge in [0.25, 0.3) is 0 Å². The molecule has 2 nitrogen and oxygen atoms in total. The maximum atomic E-state index is 11.2. The molecular formula is C11H19NO. The Hall–Kier alpha value is -0.810. The van der Waals surface area contributed by atoms with Gasteiger partial charge in [-0.15, -0.1) is 6.42 Å². The van der Waals surface area contributed by atoms with Crippen molar-refractivity contribution < 1.29 is 4.79 Å². The number of hydrogen-bond acceptors (Lipinski definition) is 2. The summed E-state index contributed by atoms with van der Waals surface area (Å²) in [7, 11) is 0. The molecule has 0 aromatic heterocycles. The second-order valence-electron chi connectivity index (χ2n) is 4.29. The van der Waals surface area contributed by atoms with E-state index in [1.54, 1.807) is 6.92 Å². The largest absolute Gasteiger partial charge is 0.298 e. The van der Waals surface area contributed by atoms with Gasteiger partial charge in [-0.1, -0.05) is 5.92 Å². The molecule has 74 valence electrons. The number of ketones is 1. The fourth-order valence-electron chi connectivity index (χ4n) is 1.27. The van der Waals surface area contributed by atoms with Crippen molar-refractivity contribution in [3.05, 3.63) is 0 Å². The van der Waals surface area contributed by atoms with Gasteiger partial charge in [0.15, 0.2) is 0 Å². The number of nitrogens with zero attached hydrogens (tertiary/aromatic N) is 1. The van der Waals surface area contributed by atoms with Crippen LogP contribution in [-0.4, -0.2) is 28.8 Å². The summed E-state index contributed by atoms with van der Waals surface area (Å²) < 4.78 is 0. The molecular weight excluding hydrogens is 162 g/mol. The molecule has 0 bridgehead atoms. The fraction of sp³-hybridized carbons (Fsp3) is 0.727. The number of hydrogen-bond donors (Lipinski definition) is 0. The van der Waals surface area contributed by atoms with Crippen LogP contribution in [0.5, 0.6) is 0 Å². The molecule has 0 aromatic carbocycles. The first kappa shape index (κ1) is 12.2. The molecule has 0 aliphatic heterocycles. The maximum Gasteiger partial charge on any atom is 0.146 e. The molecule has 0 fully saturated rings. The molecule has 0 unspecified atom stereocenters. The molecule has 0 spiro atoms.